The molecule has 0 unspecified atom stereocenters. The Bertz CT molecular complexity index is 1690. The van der Waals surface area contributed by atoms with Crippen LogP contribution < -0.4 is 20.5 Å². The van der Waals surface area contributed by atoms with Crippen LogP contribution in [0.3, 0.4) is 0 Å². The summed E-state index contributed by atoms with van der Waals surface area (Å²) < 4.78 is 36.9. The third kappa shape index (κ3) is 15.5. The molecule has 1 atom stereocenters. The summed E-state index contributed by atoms with van der Waals surface area (Å²) >= 11 is 5.86. The van der Waals surface area contributed by atoms with E-state index in [-0.39, 0.29) is 37.8 Å². The van der Waals surface area contributed by atoms with E-state index < -0.39 is 27.9 Å². The number of nitrogens with two attached hydrogens (primary N) is 1. The summed E-state index contributed by atoms with van der Waals surface area (Å²) in [5.74, 6) is 4.87. The minimum Gasteiger partial charge on any atom is -0.493 e. The van der Waals surface area contributed by atoms with Crippen LogP contribution in [0.4, 0.5) is 0 Å². The Morgan fingerprint density at radius 2 is 1.63 bits per heavy atom. The Hall–Kier alpha value is -4.57. The number of nitrogens with one attached hydrogen (secondary N) is 1. The summed E-state index contributed by atoms with van der Waals surface area (Å²) in [5.41, 5.74) is 8.28. The highest BCUT2D eigenvalue weighted by atomic mass is 35.5. The Balaban J connectivity index is 0.000000435. The van der Waals surface area contributed by atoms with Crippen molar-refractivity contribution in [2.24, 2.45) is 11.7 Å². The molecular formula is C36H44ClN3O8S. The number of sulfonamides is 1. The standard InChI is InChI=1S/C24H29ClN2O5S.C12H15NO3/c1-17(2)23(24(26)28)27(33(4,29)30)14-13-19-9-12-21(22(16-19)31-3)32-15-5-6-18-7-10-20(25)11-8-18;14-11(6-7-12(15)16)13-9-8-10-4-2-1-3-5-10/h7-12,16-17,23H,13-15H2,1-4H3,(H2,26,28);1-5H,6-9H2,(H,13,14)(H,15,16)/t23-;/m0./s1. The number of carboxylic acids is 1. The van der Waals surface area contributed by atoms with Crippen LogP contribution in [-0.4, -0.2) is 74.7 Å². The van der Waals surface area contributed by atoms with Gasteiger partial charge in [-0.05, 0) is 66.3 Å². The van der Waals surface area contributed by atoms with Crippen molar-refractivity contribution in [2.75, 3.05) is 33.1 Å². The average Bonchev–Trinajstić information content (AvgIpc) is 3.05. The summed E-state index contributed by atoms with van der Waals surface area (Å²) in [7, 11) is -2.11. The first-order chi connectivity index (χ1) is 23.2. The van der Waals surface area contributed by atoms with Gasteiger partial charge in [-0.3, -0.25) is 14.4 Å². The smallest absolute Gasteiger partial charge is 0.303 e. The highest BCUT2D eigenvalue weighted by molar-refractivity contribution is 7.88. The lowest BCUT2D eigenvalue weighted by Gasteiger charge is -2.30. The van der Waals surface area contributed by atoms with Gasteiger partial charge in [-0.25, -0.2) is 8.42 Å². The Morgan fingerprint density at radius 1 is 0.959 bits per heavy atom. The molecule has 0 aliphatic rings. The largest absolute Gasteiger partial charge is 0.493 e. The Labute approximate surface area is 293 Å². The number of primary amides is 1. The maximum absolute atomic E-state index is 12.3. The van der Waals surface area contributed by atoms with Crippen LogP contribution in [0, 0.1) is 17.8 Å². The minimum atomic E-state index is -3.63. The fraction of sp³-hybridized carbons (Fsp3) is 0.361. The van der Waals surface area contributed by atoms with Crippen LogP contribution in [0.25, 0.3) is 0 Å². The monoisotopic (exact) mass is 713 g/mol. The predicted octanol–water partition coefficient (Wildman–Crippen LogP) is 4.30. The molecule has 11 nitrogen and oxygen atoms in total. The van der Waals surface area contributed by atoms with E-state index in [0.29, 0.717) is 29.5 Å². The van der Waals surface area contributed by atoms with Crippen LogP contribution in [0.5, 0.6) is 11.5 Å². The number of nitrogens with zero attached hydrogens (tertiary/aromatic N) is 1. The van der Waals surface area contributed by atoms with Crippen LogP contribution in [-0.2, 0) is 37.2 Å². The molecule has 0 radical (unpaired) electrons. The molecule has 0 heterocycles. The fourth-order valence-electron chi connectivity index (χ4n) is 4.63. The molecule has 4 N–H and O–H groups in total. The summed E-state index contributed by atoms with van der Waals surface area (Å²) in [6.45, 7) is 4.34. The molecule has 3 rings (SSSR count). The molecule has 0 saturated heterocycles. The molecule has 3 aromatic carbocycles. The van der Waals surface area contributed by atoms with E-state index in [1.165, 1.54) is 7.11 Å². The van der Waals surface area contributed by atoms with Crippen LogP contribution in [0.2, 0.25) is 5.02 Å². The maximum Gasteiger partial charge on any atom is 0.303 e. The van der Waals surface area contributed by atoms with Gasteiger partial charge in [0.1, 0.15) is 12.6 Å². The van der Waals surface area contributed by atoms with Crippen molar-refractivity contribution in [3.05, 3.63) is 94.5 Å². The van der Waals surface area contributed by atoms with Gasteiger partial charge < -0.3 is 25.6 Å². The summed E-state index contributed by atoms with van der Waals surface area (Å²) in [4.78, 5) is 33.3. The van der Waals surface area contributed by atoms with E-state index in [0.717, 1.165) is 33.7 Å². The molecule has 49 heavy (non-hydrogen) atoms. The van der Waals surface area contributed by atoms with E-state index in [4.69, 9.17) is 31.9 Å². The van der Waals surface area contributed by atoms with Crippen molar-refractivity contribution in [1.29, 1.82) is 0 Å². The first-order valence-electron chi connectivity index (χ1n) is 15.5. The van der Waals surface area contributed by atoms with E-state index >= 15 is 0 Å². The Kier molecular flexibility index (Phi) is 17.2. The maximum atomic E-state index is 12.3. The molecule has 0 bridgehead atoms. The van der Waals surface area contributed by atoms with E-state index in [9.17, 15) is 22.8 Å². The van der Waals surface area contributed by atoms with Gasteiger partial charge in [0.25, 0.3) is 0 Å². The third-order valence-corrected chi connectivity index (χ3v) is 8.54. The zero-order chi connectivity index (χ0) is 36.4. The first kappa shape index (κ1) is 40.6. The Morgan fingerprint density at radius 3 is 2.20 bits per heavy atom. The van der Waals surface area contributed by atoms with Gasteiger partial charge in [0.05, 0.1) is 19.8 Å². The molecule has 0 saturated carbocycles. The second-order valence-electron chi connectivity index (χ2n) is 11.3. The lowest BCUT2D eigenvalue weighted by atomic mass is 10.0. The van der Waals surface area contributed by atoms with Crippen molar-refractivity contribution in [3.8, 4) is 23.3 Å². The molecular weight excluding hydrogens is 670 g/mol. The zero-order valence-electron chi connectivity index (χ0n) is 28.1. The minimum absolute atomic E-state index is 0.0458. The molecule has 13 heteroatoms. The summed E-state index contributed by atoms with van der Waals surface area (Å²) in [6.07, 6.45) is 2.14. The normalized spacial score (nSPS) is 11.4. The zero-order valence-corrected chi connectivity index (χ0v) is 29.7. The van der Waals surface area contributed by atoms with E-state index in [1.807, 2.05) is 48.5 Å². The van der Waals surface area contributed by atoms with Crippen molar-refractivity contribution < 1.29 is 37.4 Å². The summed E-state index contributed by atoms with van der Waals surface area (Å²) in [6, 6.07) is 21.4. The van der Waals surface area contributed by atoms with Crippen molar-refractivity contribution >= 4 is 39.4 Å². The average molecular weight is 714 g/mol. The number of rotatable bonds is 16. The van der Waals surface area contributed by atoms with Gasteiger partial charge in [-0.2, -0.15) is 4.31 Å². The number of benzene rings is 3. The van der Waals surface area contributed by atoms with Crippen LogP contribution >= 0.6 is 11.6 Å². The SMILES string of the molecule is COc1cc(CCN([C@H](C(N)=O)C(C)C)S(C)(=O)=O)ccc1OCC#Cc1ccc(Cl)cc1.O=C(O)CCC(=O)NCCc1ccccc1. The number of halogens is 1. The number of hydrogen-bond acceptors (Lipinski definition) is 7. The van der Waals surface area contributed by atoms with Crippen molar-refractivity contribution in [3.63, 3.8) is 0 Å². The number of hydrogen-bond donors (Lipinski definition) is 3. The third-order valence-electron chi connectivity index (χ3n) is 7.03. The number of aliphatic carboxylic acids is 1. The molecule has 0 aliphatic carbocycles. The molecule has 3 aromatic rings. The van der Waals surface area contributed by atoms with Gasteiger partial charge in [-0.1, -0.05) is 73.7 Å². The molecule has 0 aliphatic heterocycles. The quantitative estimate of drug-likeness (QED) is 0.185. The van der Waals surface area contributed by atoms with Gasteiger partial charge >= 0.3 is 5.97 Å². The molecule has 0 spiro atoms. The molecule has 2 amide bonds. The lowest BCUT2D eigenvalue weighted by molar-refractivity contribution is -0.138. The number of ether oxygens (including phenoxy) is 2. The first-order valence-corrected chi connectivity index (χ1v) is 17.8. The number of amides is 2. The number of carbonyl (C=O) groups excluding carboxylic acids is 2. The topological polar surface area (TPSA) is 165 Å². The summed E-state index contributed by atoms with van der Waals surface area (Å²) in [5, 5.41) is 11.7. The second kappa shape index (κ2) is 20.7. The number of methoxy groups -OCH3 is 1. The van der Waals surface area contributed by atoms with E-state index in [2.05, 4.69) is 17.2 Å². The predicted molar refractivity (Wildman–Crippen MR) is 190 cm³/mol. The molecule has 264 valence electrons. The van der Waals surface area contributed by atoms with Crippen LogP contribution in [0.1, 0.15) is 43.4 Å². The highest BCUT2D eigenvalue weighted by Crippen LogP contribution is 2.28. The van der Waals surface area contributed by atoms with Crippen molar-refractivity contribution in [1.82, 2.24) is 9.62 Å². The van der Waals surface area contributed by atoms with Gasteiger partial charge in [0.2, 0.25) is 21.8 Å². The van der Waals surface area contributed by atoms with Gasteiger partial charge in [-0.15, -0.1) is 0 Å². The van der Waals surface area contributed by atoms with Crippen LogP contribution in [0.15, 0.2) is 72.8 Å². The van der Waals surface area contributed by atoms with Gasteiger partial charge in [0.15, 0.2) is 11.5 Å². The number of carbonyl (C=O) groups is 3. The van der Waals surface area contributed by atoms with Gasteiger partial charge in [0, 0.05) is 30.1 Å². The fourth-order valence-corrected chi connectivity index (χ4v) is 5.93. The van der Waals surface area contributed by atoms with Crippen molar-refractivity contribution in [2.45, 2.75) is 45.6 Å². The van der Waals surface area contributed by atoms with E-state index in [1.54, 1.807) is 38.1 Å². The second-order valence-corrected chi connectivity index (χ2v) is 13.6. The molecule has 0 fully saturated rings. The molecule has 0 aromatic heterocycles. The lowest BCUT2D eigenvalue weighted by Crippen LogP contribution is -2.51. The highest BCUT2D eigenvalue weighted by Gasteiger charge is 2.33. The number of carboxylic acid groups (broad SMARTS) is 1.